The molecule has 13 heteroatoms. The number of alkyl halides is 6. The van der Waals surface area contributed by atoms with Crippen LogP contribution in [-0.4, -0.2) is 23.9 Å². The van der Waals surface area contributed by atoms with Crippen LogP contribution in [0.4, 0.5) is 58.3 Å². The van der Waals surface area contributed by atoms with Gasteiger partial charge in [0.15, 0.2) is 0 Å². The number of nitrogens with one attached hydrogen (secondary N) is 1. The van der Waals surface area contributed by atoms with Crippen LogP contribution in [0.25, 0.3) is 0 Å². The van der Waals surface area contributed by atoms with Gasteiger partial charge >= 0.3 is 18.4 Å². The Morgan fingerprint density at radius 3 is 2.08 bits per heavy atom. The standard InChI is InChI=1S/C25H21F7N4O2/c1-14(37)36(19-8-9-21(33)20(12-19)25(30,31)32)23(38)35(2)13-15-11-16(24(27,28)29)3-10-22(15)34-18-6-4-17(26)5-7-18/h3-12,34H,13,33H2,1-2H3. The maximum absolute atomic E-state index is 13.4. The topological polar surface area (TPSA) is 78.7 Å². The third-order valence-electron chi connectivity index (χ3n) is 5.40. The Bertz CT molecular complexity index is 1340. The first-order valence-electron chi connectivity index (χ1n) is 10.8. The highest BCUT2D eigenvalue weighted by atomic mass is 19.4. The molecule has 3 N–H and O–H groups in total. The Hall–Kier alpha value is -4.29. The minimum atomic E-state index is -4.86. The number of amides is 3. The fourth-order valence-electron chi connectivity index (χ4n) is 3.56. The van der Waals surface area contributed by atoms with Gasteiger partial charge < -0.3 is 16.0 Å². The van der Waals surface area contributed by atoms with E-state index in [-0.39, 0.29) is 11.3 Å². The summed E-state index contributed by atoms with van der Waals surface area (Å²) in [6, 6.07) is 9.06. The third-order valence-corrected chi connectivity index (χ3v) is 5.40. The number of urea groups is 1. The van der Waals surface area contributed by atoms with Crippen molar-refractivity contribution in [2.45, 2.75) is 25.8 Å². The van der Waals surface area contributed by atoms with E-state index in [0.717, 1.165) is 54.3 Å². The van der Waals surface area contributed by atoms with Gasteiger partial charge in [-0.3, -0.25) is 4.79 Å². The molecule has 0 fully saturated rings. The van der Waals surface area contributed by atoms with E-state index in [1.165, 1.54) is 19.2 Å². The molecule has 0 radical (unpaired) electrons. The summed E-state index contributed by atoms with van der Waals surface area (Å²) in [5.74, 6) is -1.47. The van der Waals surface area contributed by atoms with Crippen LogP contribution in [0, 0.1) is 5.82 Å². The molecule has 38 heavy (non-hydrogen) atoms. The molecule has 0 aliphatic rings. The van der Waals surface area contributed by atoms with Gasteiger partial charge in [-0.25, -0.2) is 14.1 Å². The Kier molecular flexibility index (Phi) is 7.89. The monoisotopic (exact) mass is 542 g/mol. The second kappa shape index (κ2) is 10.6. The Morgan fingerprint density at radius 1 is 0.895 bits per heavy atom. The molecule has 3 amide bonds. The molecule has 0 saturated carbocycles. The molecule has 6 nitrogen and oxygen atoms in total. The van der Waals surface area contributed by atoms with Gasteiger partial charge in [-0.1, -0.05) is 0 Å². The predicted molar refractivity (Wildman–Crippen MR) is 127 cm³/mol. The maximum Gasteiger partial charge on any atom is 0.418 e. The summed E-state index contributed by atoms with van der Waals surface area (Å²) >= 11 is 0. The number of rotatable bonds is 5. The largest absolute Gasteiger partial charge is 0.418 e. The van der Waals surface area contributed by atoms with Crippen LogP contribution in [-0.2, 0) is 23.7 Å². The second-order valence-electron chi connectivity index (χ2n) is 8.26. The van der Waals surface area contributed by atoms with Crippen molar-refractivity contribution in [1.29, 1.82) is 0 Å². The lowest BCUT2D eigenvalue weighted by Gasteiger charge is -2.27. The molecule has 0 spiro atoms. The molecule has 0 atom stereocenters. The van der Waals surface area contributed by atoms with E-state index >= 15 is 0 Å². The van der Waals surface area contributed by atoms with Gasteiger partial charge in [0, 0.05) is 37.6 Å². The van der Waals surface area contributed by atoms with Crippen LogP contribution in [0.5, 0.6) is 0 Å². The highest BCUT2D eigenvalue weighted by molar-refractivity contribution is 6.13. The summed E-state index contributed by atoms with van der Waals surface area (Å²) in [6.07, 6.45) is -9.58. The third kappa shape index (κ3) is 6.52. The fraction of sp³-hybridized carbons (Fsp3) is 0.200. The number of carbonyl (C=O) groups is 2. The number of imide groups is 1. The number of nitrogen functional groups attached to an aromatic ring is 1. The van der Waals surface area contributed by atoms with Crippen LogP contribution in [0.15, 0.2) is 60.7 Å². The molecule has 0 aromatic heterocycles. The summed E-state index contributed by atoms with van der Waals surface area (Å²) in [5, 5.41) is 2.85. The molecule has 0 bridgehead atoms. The first-order valence-corrected chi connectivity index (χ1v) is 10.8. The lowest BCUT2D eigenvalue weighted by molar-refractivity contribution is -0.138. The zero-order valence-corrected chi connectivity index (χ0v) is 19.9. The average Bonchev–Trinajstić information content (AvgIpc) is 2.81. The molecular weight excluding hydrogens is 521 g/mol. The SMILES string of the molecule is CC(=O)N(C(=O)N(C)Cc1cc(C(F)(F)F)ccc1Nc1ccc(F)cc1)c1ccc(N)c(C(F)(F)F)c1. The normalized spacial score (nSPS) is 11.7. The molecule has 0 saturated heterocycles. The molecule has 3 aromatic rings. The van der Waals surface area contributed by atoms with Gasteiger partial charge in [0.1, 0.15) is 5.82 Å². The number of hydrogen-bond acceptors (Lipinski definition) is 4. The van der Waals surface area contributed by atoms with Gasteiger partial charge in [-0.15, -0.1) is 0 Å². The average molecular weight is 542 g/mol. The fourth-order valence-corrected chi connectivity index (χ4v) is 3.56. The molecule has 3 aromatic carbocycles. The Labute approximate surface area is 212 Å². The Balaban J connectivity index is 1.97. The highest BCUT2D eigenvalue weighted by Gasteiger charge is 2.35. The number of anilines is 4. The van der Waals surface area contributed by atoms with Crippen LogP contribution < -0.4 is 16.0 Å². The quantitative estimate of drug-likeness (QED) is 0.275. The van der Waals surface area contributed by atoms with Crippen molar-refractivity contribution in [1.82, 2.24) is 4.90 Å². The number of benzene rings is 3. The molecule has 0 aliphatic heterocycles. The molecule has 0 heterocycles. The van der Waals surface area contributed by atoms with E-state index in [0.29, 0.717) is 16.7 Å². The van der Waals surface area contributed by atoms with Gasteiger partial charge in [0.2, 0.25) is 5.91 Å². The van der Waals surface area contributed by atoms with Crippen molar-refractivity contribution >= 4 is 34.7 Å². The van der Waals surface area contributed by atoms with Crippen molar-refractivity contribution in [2.75, 3.05) is 23.0 Å². The van der Waals surface area contributed by atoms with Gasteiger partial charge in [-0.05, 0) is 66.2 Å². The van der Waals surface area contributed by atoms with E-state index in [9.17, 15) is 40.3 Å². The minimum absolute atomic E-state index is 0.0308. The minimum Gasteiger partial charge on any atom is -0.398 e. The zero-order valence-electron chi connectivity index (χ0n) is 19.9. The molecule has 0 aliphatic carbocycles. The van der Waals surface area contributed by atoms with Crippen molar-refractivity contribution < 1.29 is 40.3 Å². The van der Waals surface area contributed by atoms with Crippen LogP contribution >= 0.6 is 0 Å². The molecular formula is C25H21F7N4O2. The summed E-state index contributed by atoms with van der Waals surface area (Å²) in [7, 11) is 1.17. The van der Waals surface area contributed by atoms with Crippen molar-refractivity contribution in [3.63, 3.8) is 0 Å². The maximum atomic E-state index is 13.4. The summed E-state index contributed by atoms with van der Waals surface area (Å²) in [6.45, 7) is 0.471. The van der Waals surface area contributed by atoms with Gasteiger partial charge in [0.05, 0.1) is 16.8 Å². The van der Waals surface area contributed by atoms with Gasteiger partial charge in [-0.2, -0.15) is 26.3 Å². The van der Waals surface area contributed by atoms with Crippen LogP contribution in [0.3, 0.4) is 0 Å². The summed E-state index contributed by atoms with van der Waals surface area (Å²) < 4.78 is 93.4. The number of hydrogen-bond donors (Lipinski definition) is 2. The molecule has 202 valence electrons. The molecule has 0 unspecified atom stereocenters. The van der Waals surface area contributed by atoms with Gasteiger partial charge in [0.25, 0.3) is 0 Å². The Morgan fingerprint density at radius 2 is 1.53 bits per heavy atom. The van der Waals surface area contributed by atoms with E-state index in [1.54, 1.807) is 0 Å². The lowest BCUT2D eigenvalue weighted by atomic mass is 10.1. The predicted octanol–water partition coefficient (Wildman–Crippen LogP) is 6.79. The smallest absolute Gasteiger partial charge is 0.398 e. The van der Waals surface area contributed by atoms with E-state index in [1.807, 2.05) is 0 Å². The van der Waals surface area contributed by atoms with E-state index < -0.39 is 59.2 Å². The number of nitrogens with zero attached hydrogens (tertiary/aromatic N) is 2. The first kappa shape index (κ1) is 28.3. The number of nitrogens with two attached hydrogens (primary N) is 1. The first-order chi connectivity index (χ1) is 17.6. The van der Waals surface area contributed by atoms with Crippen LogP contribution in [0.2, 0.25) is 0 Å². The number of carbonyl (C=O) groups excluding carboxylic acids is 2. The lowest BCUT2D eigenvalue weighted by Crippen LogP contribution is -2.43. The van der Waals surface area contributed by atoms with Crippen molar-refractivity contribution in [3.05, 3.63) is 83.2 Å². The zero-order chi connectivity index (χ0) is 28.4. The van der Waals surface area contributed by atoms with E-state index in [2.05, 4.69) is 5.32 Å². The second-order valence-corrected chi connectivity index (χ2v) is 8.26. The highest BCUT2D eigenvalue weighted by Crippen LogP contribution is 2.37. The molecule has 3 rings (SSSR count). The van der Waals surface area contributed by atoms with E-state index in [4.69, 9.17) is 5.73 Å². The van der Waals surface area contributed by atoms with Crippen LogP contribution in [0.1, 0.15) is 23.6 Å². The summed E-state index contributed by atoms with van der Waals surface area (Å²) in [4.78, 5) is 26.8. The van der Waals surface area contributed by atoms with Crippen molar-refractivity contribution in [3.8, 4) is 0 Å². The van der Waals surface area contributed by atoms with Crippen molar-refractivity contribution in [2.24, 2.45) is 0 Å². The summed E-state index contributed by atoms with van der Waals surface area (Å²) in [5.41, 5.74) is 2.52. The number of halogens is 7.